The maximum atomic E-state index is 9.40. The van der Waals surface area contributed by atoms with Crippen molar-refractivity contribution in [3.05, 3.63) is 0 Å². The Morgan fingerprint density at radius 1 is 1.08 bits per heavy atom. The fourth-order valence-corrected chi connectivity index (χ4v) is 1.84. The van der Waals surface area contributed by atoms with Crippen molar-refractivity contribution in [2.75, 3.05) is 5.75 Å². The smallest absolute Gasteiger partial charge is 0.183 e. The molecule has 0 aromatic heterocycles. The average molecular weight is 208 g/mol. The van der Waals surface area contributed by atoms with Gasteiger partial charge in [0.25, 0.3) is 0 Å². The molecule has 0 spiro atoms. The minimum Gasteiger partial charge on any atom is -0.388 e. The molecular weight excluding hydrogens is 195 g/mol. The first-order valence-corrected chi connectivity index (χ1v) is 5.34. The average Bonchev–Trinajstić information content (AvgIpc) is 2.11. The lowest BCUT2D eigenvalue weighted by Crippen LogP contribution is -2.58. The van der Waals surface area contributed by atoms with E-state index in [1.807, 2.05) is 7.12 Å². The predicted octanol–water partition coefficient (Wildman–Crippen LogP) is -2.93. The SMILES string of the molecule is BSCC1OC(O)C(O)C(O)C1O. The van der Waals surface area contributed by atoms with E-state index in [4.69, 9.17) is 14.9 Å². The second-order valence-electron chi connectivity index (χ2n) is 2.99. The lowest BCUT2D eigenvalue weighted by molar-refractivity contribution is -0.276. The molecule has 1 aliphatic rings. The topological polar surface area (TPSA) is 90.2 Å². The molecular formula is C6H13BO5S. The molecule has 1 heterocycles. The van der Waals surface area contributed by atoms with Crippen LogP contribution in [0.4, 0.5) is 0 Å². The largest absolute Gasteiger partial charge is 0.388 e. The summed E-state index contributed by atoms with van der Waals surface area (Å²) < 4.78 is 4.90. The molecule has 1 fully saturated rings. The maximum Gasteiger partial charge on any atom is 0.183 e. The lowest BCUT2D eigenvalue weighted by atomic mass is 10.0. The van der Waals surface area contributed by atoms with Crippen LogP contribution in [0.5, 0.6) is 0 Å². The van der Waals surface area contributed by atoms with E-state index in [1.165, 1.54) is 11.6 Å². The van der Waals surface area contributed by atoms with E-state index in [0.29, 0.717) is 5.75 Å². The van der Waals surface area contributed by atoms with Gasteiger partial charge in [-0.15, -0.1) is 0 Å². The number of hydrogen-bond acceptors (Lipinski definition) is 6. The maximum absolute atomic E-state index is 9.40. The molecule has 1 saturated heterocycles. The van der Waals surface area contributed by atoms with Crippen molar-refractivity contribution < 1.29 is 25.2 Å². The molecule has 5 atom stereocenters. The summed E-state index contributed by atoms with van der Waals surface area (Å²) in [6, 6.07) is 0. The summed E-state index contributed by atoms with van der Waals surface area (Å²) in [6.07, 6.45) is -5.99. The summed E-state index contributed by atoms with van der Waals surface area (Å²) >= 11 is 1.43. The summed E-state index contributed by atoms with van der Waals surface area (Å²) in [4.78, 5) is 0. The summed E-state index contributed by atoms with van der Waals surface area (Å²) in [5.74, 6) is 0.460. The van der Waals surface area contributed by atoms with Crippen molar-refractivity contribution in [1.82, 2.24) is 0 Å². The molecule has 1 rings (SSSR count). The second-order valence-corrected chi connectivity index (χ2v) is 3.90. The molecule has 0 aliphatic carbocycles. The van der Waals surface area contributed by atoms with Gasteiger partial charge in [-0.25, -0.2) is 11.6 Å². The van der Waals surface area contributed by atoms with Crippen molar-refractivity contribution in [1.29, 1.82) is 0 Å². The Morgan fingerprint density at radius 2 is 1.69 bits per heavy atom. The van der Waals surface area contributed by atoms with Crippen molar-refractivity contribution in [2.45, 2.75) is 30.7 Å². The van der Waals surface area contributed by atoms with Crippen LogP contribution < -0.4 is 0 Å². The Morgan fingerprint density at radius 3 is 2.23 bits per heavy atom. The quantitative estimate of drug-likeness (QED) is 0.363. The Kier molecular flexibility index (Phi) is 4.02. The van der Waals surface area contributed by atoms with Crippen LogP contribution in [0.1, 0.15) is 0 Å². The lowest BCUT2D eigenvalue weighted by Gasteiger charge is -2.38. The molecule has 0 aromatic rings. The van der Waals surface area contributed by atoms with Gasteiger partial charge >= 0.3 is 0 Å². The Bertz CT molecular complexity index is 171. The van der Waals surface area contributed by atoms with Crippen LogP contribution in [0.25, 0.3) is 0 Å². The third-order valence-electron chi connectivity index (χ3n) is 2.02. The van der Waals surface area contributed by atoms with Crippen LogP contribution in [0.2, 0.25) is 0 Å². The third-order valence-corrected chi connectivity index (χ3v) is 2.68. The normalized spacial score (nSPS) is 46.3. The fourth-order valence-electron chi connectivity index (χ4n) is 1.23. The first-order chi connectivity index (χ1) is 6.07. The van der Waals surface area contributed by atoms with E-state index >= 15 is 0 Å². The van der Waals surface area contributed by atoms with Crippen molar-refractivity contribution in [3.63, 3.8) is 0 Å². The number of ether oxygens (including phenoxy) is 1. The molecule has 76 valence electrons. The molecule has 5 unspecified atom stereocenters. The van der Waals surface area contributed by atoms with Crippen molar-refractivity contribution in [3.8, 4) is 0 Å². The van der Waals surface area contributed by atoms with Gasteiger partial charge in [-0.3, -0.25) is 0 Å². The summed E-state index contributed by atoms with van der Waals surface area (Å²) in [6.45, 7) is 0. The molecule has 0 bridgehead atoms. The van der Waals surface area contributed by atoms with Gasteiger partial charge in [0.1, 0.15) is 18.3 Å². The molecule has 0 amide bonds. The van der Waals surface area contributed by atoms with E-state index in [2.05, 4.69) is 0 Å². The van der Waals surface area contributed by atoms with Crippen LogP contribution in [0.15, 0.2) is 0 Å². The van der Waals surface area contributed by atoms with Crippen LogP contribution in [0, 0.1) is 0 Å². The van der Waals surface area contributed by atoms with E-state index in [9.17, 15) is 10.2 Å². The Balaban J connectivity index is 2.59. The van der Waals surface area contributed by atoms with Crippen LogP contribution in [0.3, 0.4) is 0 Å². The van der Waals surface area contributed by atoms with Gasteiger partial charge in [-0.05, 0) is 0 Å². The van der Waals surface area contributed by atoms with Crippen LogP contribution >= 0.6 is 11.6 Å². The molecule has 0 aromatic carbocycles. The highest BCUT2D eigenvalue weighted by atomic mass is 32.2. The zero-order valence-electron chi connectivity index (χ0n) is 7.20. The Hall–Kier alpha value is 0.215. The van der Waals surface area contributed by atoms with Crippen LogP contribution in [-0.4, -0.2) is 64.0 Å². The van der Waals surface area contributed by atoms with E-state index in [0.717, 1.165) is 0 Å². The highest BCUT2D eigenvalue weighted by Gasteiger charge is 2.42. The standard InChI is InChI=1S/C6H13BO5S/c7-13-1-2-3(8)4(9)5(10)6(11)12-2/h2-6,8-11H,1,7H2. The van der Waals surface area contributed by atoms with E-state index in [-0.39, 0.29) is 0 Å². The first kappa shape index (κ1) is 11.3. The Labute approximate surface area is 81.0 Å². The highest BCUT2D eigenvalue weighted by molar-refractivity contribution is 8.19. The predicted molar refractivity (Wildman–Crippen MR) is 49.9 cm³/mol. The molecule has 7 heteroatoms. The number of hydrogen-bond donors (Lipinski definition) is 4. The van der Waals surface area contributed by atoms with Crippen molar-refractivity contribution >= 4 is 18.7 Å². The van der Waals surface area contributed by atoms with Gasteiger partial charge < -0.3 is 25.2 Å². The van der Waals surface area contributed by atoms with Crippen molar-refractivity contribution in [2.24, 2.45) is 0 Å². The molecule has 13 heavy (non-hydrogen) atoms. The van der Waals surface area contributed by atoms with Gasteiger partial charge in [-0.2, -0.15) is 0 Å². The molecule has 4 N–H and O–H groups in total. The first-order valence-electron chi connectivity index (χ1n) is 3.94. The molecule has 5 nitrogen and oxygen atoms in total. The third kappa shape index (κ3) is 2.36. The zero-order valence-corrected chi connectivity index (χ0v) is 8.02. The van der Waals surface area contributed by atoms with Gasteiger partial charge in [-0.1, -0.05) is 0 Å². The van der Waals surface area contributed by atoms with Gasteiger partial charge in [0.2, 0.25) is 0 Å². The molecule has 1 aliphatic heterocycles. The van der Waals surface area contributed by atoms with E-state index < -0.39 is 30.7 Å². The minimum absolute atomic E-state index is 0.460. The highest BCUT2D eigenvalue weighted by Crippen LogP contribution is 2.21. The number of aliphatic hydroxyl groups excluding tert-OH is 4. The van der Waals surface area contributed by atoms with Gasteiger partial charge in [0.05, 0.1) is 6.10 Å². The molecule has 0 radical (unpaired) electrons. The molecule has 0 saturated carbocycles. The van der Waals surface area contributed by atoms with Gasteiger partial charge in [0, 0.05) is 5.75 Å². The number of rotatable bonds is 2. The van der Waals surface area contributed by atoms with Crippen LogP contribution in [-0.2, 0) is 4.74 Å². The summed E-state index contributed by atoms with van der Waals surface area (Å²) in [5.41, 5.74) is 0. The minimum atomic E-state index is -1.44. The monoisotopic (exact) mass is 208 g/mol. The fraction of sp³-hybridized carbons (Fsp3) is 1.00. The second kappa shape index (κ2) is 4.63. The summed E-state index contributed by atoms with van der Waals surface area (Å²) in [5, 5.41) is 36.9. The summed E-state index contributed by atoms with van der Waals surface area (Å²) in [7, 11) is 1.82. The van der Waals surface area contributed by atoms with E-state index in [1.54, 1.807) is 0 Å². The van der Waals surface area contributed by atoms with Gasteiger partial charge in [0.15, 0.2) is 13.4 Å². The number of aliphatic hydroxyl groups is 4. The zero-order chi connectivity index (χ0) is 10.0.